The number of likely N-dealkylation sites (tertiary alicyclic amines) is 1. The van der Waals surface area contributed by atoms with Crippen LogP contribution in [0.5, 0.6) is 5.75 Å². The van der Waals surface area contributed by atoms with Gasteiger partial charge < -0.3 is 23.6 Å². The van der Waals surface area contributed by atoms with Crippen LogP contribution in [-0.2, 0) is 25.7 Å². The van der Waals surface area contributed by atoms with Crippen LogP contribution in [0.1, 0.15) is 29.4 Å². The number of benzene rings is 1. The third-order valence-corrected chi connectivity index (χ3v) is 7.02. The largest absolute Gasteiger partial charge is 0.497 e. The average molecular weight is 437 g/mol. The summed E-state index contributed by atoms with van der Waals surface area (Å²) < 4.78 is 46.4. The van der Waals surface area contributed by atoms with Crippen LogP contribution in [-0.4, -0.2) is 74.3 Å². The van der Waals surface area contributed by atoms with Crippen molar-refractivity contribution in [2.45, 2.75) is 29.9 Å². The summed E-state index contributed by atoms with van der Waals surface area (Å²) in [5.74, 6) is -0.549. The molecule has 1 aromatic heterocycles. The zero-order valence-corrected chi connectivity index (χ0v) is 17.4. The lowest BCUT2D eigenvalue weighted by molar-refractivity contribution is -0.181. The normalized spacial score (nSPS) is 18.6. The van der Waals surface area contributed by atoms with Crippen LogP contribution in [0.2, 0.25) is 0 Å². The lowest BCUT2D eigenvalue weighted by Gasteiger charge is -2.36. The minimum atomic E-state index is -3.53. The van der Waals surface area contributed by atoms with Crippen molar-refractivity contribution in [1.29, 1.82) is 0 Å². The van der Waals surface area contributed by atoms with Crippen LogP contribution in [0.15, 0.2) is 33.7 Å². The Bertz CT molecular complexity index is 987. The summed E-state index contributed by atoms with van der Waals surface area (Å²) in [6.07, 6.45) is 1.20. The molecule has 0 unspecified atom stereocenters. The molecule has 0 atom stereocenters. The van der Waals surface area contributed by atoms with Gasteiger partial charge in [0.05, 0.1) is 31.0 Å². The van der Waals surface area contributed by atoms with Gasteiger partial charge in [-0.2, -0.15) is 4.98 Å². The van der Waals surface area contributed by atoms with E-state index in [4.69, 9.17) is 18.7 Å². The minimum absolute atomic E-state index is 0.0376. The number of amides is 1. The molecule has 4 rings (SSSR count). The molecule has 162 valence electrons. The van der Waals surface area contributed by atoms with E-state index < -0.39 is 15.6 Å². The monoisotopic (exact) mass is 437 g/mol. The van der Waals surface area contributed by atoms with Crippen molar-refractivity contribution in [2.75, 3.05) is 39.2 Å². The molecule has 2 saturated heterocycles. The second-order valence-corrected chi connectivity index (χ2v) is 9.27. The maximum Gasteiger partial charge on any atom is 0.316 e. The van der Waals surface area contributed by atoms with Crippen molar-refractivity contribution in [2.24, 2.45) is 0 Å². The molecule has 30 heavy (non-hydrogen) atoms. The standard InChI is InChI=1S/C19H23N3O7S/c1-26-14-2-4-15(5-3-14)30(24,25)13-6-16-20-17(29-21-16)18(23)22-9-7-19(8-10-22)27-11-12-28-19/h2-5H,6-13H2,1H3. The lowest BCUT2D eigenvalue weighted by Crippen LogP contribution is -2.47. The molecular weight excluding hydrogens is 414 g/mol. The van der Waals surface area contributed by atoms with Gasteiger partial charge in [0.15, 0.2) is 21.4 Å². The first-order chi connectivity index (χ1) is 14.4. The van der Waals surface area contributed by atoms with Crippen LogP contribution in [0.3, 0.4) is 0 Å². The molecule has 0 bridgehead atoms. The summed E-state index contributed by atoms with van der Waals surface area (Å²) in [5.41, 5.74) is 0. The fourth-order valence-corrected chi connectivity index (χ4v) is 4.78. The Kier molecular flexibility index (Phi) is 5.76. The summed E-state index contributed by atoms with van der Waals surface area (Å²) in [4.78, 5) is 18.5. The van der Waals surface area contributed by atoms with Crippen molar-refractivity contribution >= 4 is 15.7 Å². The summed E-state index contributed by atoms with van der Waals surface area (Å²) in [5, 5.41) is 3.76. The molecule has 1 amide bonds. The number of ether oxygens (including phenoxy) is 3. The van der Waals surface area contributed by atoms with E-state index in [9.17, 15) is 13.2 Å². The molecule has 11 heteroatoms. The summed E-state index contributed by atoms with van der Waals surface area (Å²) in [6.45, 7) is 2.06. The first kappa shape index (κ1) is 20.8. The zero-order chi connectivity index (χ0) is 21.2. The van der Waals surface area contributed by atoms with Crippen molar-refractivity contribution in [1.82, 2.24) is 15.0 Å². The smallest absolute Gasteiger partial charge is 0.316 e. The van der Waals surface area contributed by atoms with Gasteiger partial charge in [-0.3, -0.25) is 4.79 Å². The van der Waals surface area contributed by atoms with Crippen LogP contribution in [0, 0.1) is 0 Å². The van der Waals surface area contributed by atoms with Crippen LogP contribution in [0.25, 0.3) is 0 Å². The predicted octanol–water partition coefficient (Wildman–Crippen LogP) is 1.07. The quantitative estimate of drug-likeness (QED) is 0.653. The number of aryl methyl sites for hydroxylation is 1. The Morgan fingerprint density at radius 1 is 1.17 bits per heavy atom. The minimum Gasteiger partial charge on any atom is -0.497 e. The molecule has 1 spiro atoms. The number of nitrogens with zero attached hydrogens (tertiary/aromatic N) is 3. The molecule has 2 aliphatic rings. The Balaban J connectivity index is 1.34. The van der Waals surface area contributed by atoms with Gasteiger partial charge in [0.25, 0.3) is 0 Å². The Morgan fingerprint density at radius 2 is 1.83 bits per heavy atom. The van der Waals surface area contributed by atoms with Crippen molar-refractivity contribution in [3.8, 4) is 5.75 Å². The van der Waals surface area contributed by atoms with Crippen LogP contribution >= 0.6 is 0 Å². The maximum absolute atomic E-state index is 12.6. The van der Waals surface area contributed by atoms with Gasteiger partial charge in [-0.05, 0) is 24.3 Å². The Labute approximate surface area is 174 Å². The fourth-order valence-electron chi connectivity index (χ4n) is 3.54. The van der Waals surface area contributed by atoms with Crippen LogP contribution < -0.4 is 4.74 Å². The summed E-state index contributed by atoms with van der Waals surface area (Å²) in [7, 11) is -2.02. The molecule has 0 N–H and O–H groups in total. The van der Waals surface area contributed by atoms with Gasteiger partial charge in [0.1, 0.15) is 5.75 Å². The third kappa shape index (κ3) is 4.32. The topological polar surface area (TPSA) is 121 Å². The van der Waals surface area contributed by atoms with Crippen LogP contribution in [0.4, 0.5) is 0 Å². The molecular formula is C19H23N3O7S. The van der Waals surface area contributed by atoms with E-state index >= 15 is 0 Å². The second kappa shape index (κ2) is 8.32. The molecule has 1 aromatic carbocycles. The molecule has 0 saturated carbocycles. The second-order valence-electron chi connectivity index (χ2n) is 7.16. The van der Waals surface area contributed by atoms with Crippen molar-refractivity contribution in [3.05, 3.63) is 36.0 Å². The Hall–Kier alpha value is -2.50. The molecule has 3 heterocycles. The van der Waals surface area contributed by atoms with Gasteiger partial charge in [-0.15, -0.1) is 0 Å². The first-order valence-corrected chi connectivity index (χ1v) is 11.3. The van der Waals surface area contributed by atoms with Gasteiger partial charge >= 0.3 is 11.8 Å². The number of methoxy groups -OCH3 is 1. The van der Waals surface area contributed by atoms with E-state index in [2.05, 4.69) is 10.1 Å². The van der Waals surface area contributed by atoms with E-state index in [1.54, 1.807) is 17.0 Å². The average Bonchev–Trinajstić information content (AvgIpc) is 3.43. The number of sulfone groups is 1. The molecule has 2 aromatic rings. The molecule has 0 aliphatic carbocycles. The van der Waals surface area contributed by atoms with E-state index in [0.717, 1.165) is 0 Å². The van der Waals surface area contributed by atoms with Crippen molar-refractivity contribution in [3.63, 3.8) is 0 Å². The van der Waals surface area contributed by atoms with E-state index in [1.165, 1.54) is 19.2 Å². The van der Waals surface area contributed by atoms with E-state index in [1.807, 2.05) is 0 Å². The fraction of sp³-hybridized carbons (Fsp3) is 0.526. The lowest BCUT2D eigenvalue weighted by atomic mass is 10.0. The summed E-state index contributed by atoms with van der Waals surface area (Å²) in [6, 6.07) is 6.14. The number of hydrogen-bond donors (Lipinski definition) is 0. The van der Waals surface area contributed by atoms with E-state index in [0.29, 0.717) is 44.9 Å². The number of hydrogen-bond acceptors (Lipinski definition) is 9. The SMILES string of the molecule is COc1ccc(S(=O)(=O)CCc2noc(C(=O)N3CCC4(CC3)OCCO4)n2)cc1. The third-order valence-electron chi connectivity index (χ3n) is 5.29. The predicted molar refractivity (Wildman–Crippen MR) is 103 cm³/mol. The highest BCUT2D eigenvalue weighted by Crippen LogP contribution is 2.31. The van der Waals surface area contributed by atoms with Gasteiger partial charge in [0.2, 0.25) is 0 Å². The van der Waals surface area contributed by atoms with E-state index in [-0.39, 0.29) is 34.7 Å². The van der Waals surface area contributed by atoms with Gasteiger partial charge in [-0.25, -0.2) is 8.42 Å². The summed E-state index contributed by atoms with van der Waals surface area (Å²) >= 11 is 0. The molecule has 0 radical (unpaired) electrons. The number of rotatable bonds is 6. The number of carbonyl (C=O) groups is 1. The number of piperidine rings is 1. The highest BCUT2D eigenvalue weighted by molar-refractivity contribution is 7.91. The molecule has 10 nitrogen and oxygen atoms in total. The van der Waals surface area contributed by atoms with Gasteiger partial charge in [0, 0.05) is 32.4 Å². The highest BCUT2D eigenvalue weighted by Gasteiger charge is 2.41. The number of carbonyl (C=O) groups excluding carboxylic acids is 1. The molecule has 2 aliphatic heterocycles. The molecule has 2 fully saturated rings. The van der Waals surface area contributed by atoms with Gasteiger partial charge in [-0.1, -0.05) is 5.16 Å². The van der Waals surface area contributed by atoms with Crippen molar-refractivity contribution < 1.29 is 31.9 Å². The maximum atomic E-state index is 12.6. The highest BCUT2D eigenvalue weighted by atomic mass is 32.2. The number of aromatic nitrogens is 2. The first-order valence-electron chi connectivity index (χ1n) is 9.67. The Morgan fingerprint density at radius 3 is 2.47 bits per heavy atom. The zero-order valence-electron chi connectivity index (χ0n) is 16.6.